The van der Waals surface area contributed by atoms with Crippen LogP contribution in [-0.4, -0.2) is 30.4 Å². The first kappa shape index (κ1) is 12.3. The highest BCUT2D eigenvalue weighted by molar-refractivity contribution is 7.40. The highest BCUT2D eigenvalue weighted by atomic mass is 31.2. The highest BCUT2D eigenvalue weighted by Gasteiger charge is 2.23. The highest BCUT2D eigenvalue weighted by Crippen LogP contribution is 2.33. The molecule has 3 atom stereocenters. The zero-order valence-corrected chi connectivity index (χ0v) is 9.28. The molecule has 0 spiro atoms. The summed E-state index contributed by atoms with van der Waals surface area (Å²) in [5.41, 5.74) is 5.55. The summed E-state index contributed by atoms with van der Waals surface area (Å²) in [6.45, 7) is 2.86. The number of ether oxygens (including phenoxy) is 1. The third-order valence-corrected chi connectivity index (χ3v) is 2.69. The monoisotopic (exact) mass is 223 g/mol. The zero-order chi connectivity index (χ0) is 10.4. The maximum atomic E-state index is 9.24. The molecular formula is C8H18NO4P. The van der Waals surface area contributed by atoms with Crippen LogP contribution in [0.25, 0.3) is 0 Å². The molecule has 1 fully saturated rings. The Hall–Kier alpha value is 0.230. The van der Waals surface area contributed by atoms with Crippen LogP contribution in [0, 0.1) is 0 Å². The van der Waals surface area contributed by atoms with Crippen molar-refractivity contribution in [3.63, 3.8) is 0 Å². The molecule has 1 heterocycles. The fraction of sp³-hybridized carbons (Fsp3) is 1.00. The zero-order valence-electron chi connectivity index (χ0n) is 8.39. The molecule has 0 aromatic rings. The molecule has 84 valence electrons. The minimum Gasteiger partial charge on any atom is -0.358 e. The molecule has 0 bridgehead atoms. The predicted octanol–water partition coefficient (Wildman–Crippen LogP) is 1.11. The summed E-state index contributed by atoms with van der Waals surface area (Å²) in [4.78, 5) is 9.24. The Morgan fingerprint density at radius 1 is 1.50 bits per heavy atom. The first-order chi connectivity index (χ1) is 6.72. The van der Waals surface area contributed by atoms with Crippen molar-refractivity contribution in [2.24, 2.45) is 5.73 Å². The Bertz CT molecular complexity index is 160. The van der Waals surface area contributed by atoms with Crippen molar-refractivity contribution < 1.29 is 18.7 Å². The summed E-state index contributed by atoms with van der Waals surface area (Å²) in [7, 11) is -1.74. The Labute approximate surface area is 85.5 Å². The van der Waals surface area contributed by atoms with E-state index in [0.717, 1.165) is 19.3 Å². The fourth-order valence-electron chi connectivity index (χ4n) is 1.21. The van der Waals surface area contributed by atoms with Crippen LogP contribution in [-0.2, 0) is 13.8 Å². The van der Waals surface area contributed by atoms with Crippen molar-refractivity contribution in [3.8, 4) is 0 Å². The van der Waals surface area contributed by atoms with Crippen molar-refractivity contribution in [1.82, 2.24) is 0 Å². The average Bonchev–Trinajstić information content (AvgIpc) is 2.58. The third-order valence-electron chi connectivity index (χ3n) is 1.92. The van der Waals surface area contributed by atoms with E-state index in [1.807, 2.05) is 6.92 Å². The maximum absolute atomic E-state index is 9.24. The number of nitrogens with two attached hydrogens (primary N) is 1. The Kier molecular flexibility index (Phi) is 5.86. The Morgan fingerprint density at radius 2 is 2.29 bits per heavy atom. The molecule has 1 aliphatic heterocycles. The van der Waals surface area contributed by atoms with Crippen molar-refractivity contribution in [3.05, 3.63) is 0 Å². The van der Waals surface area contributed by atoms with E-state index in [1.54, 1.807) is 0 Å². The average molecular weight is 223 g/mol. The molecule has 6 heteroatoms. The van der Waals surface area contributed by atoms with E-state index in [1.165, 1.54) is 0 Å². The standard InChI is InChI=1S/C8H18NO4P/c1-2-5-11-14(10)12-6-7-3-4-8(9)13-7/h7-8,10H,2-6,9H2,1H3. The topological polar surface area (TPSA) is 73.9 Å². The van der Waals surface area contributed by atoms with Gasteiger partial charge < -0.3 is 24.4 Å². The summed E-state index contributed by atoms with van der Waals surface area (Å²) in [6, 6.07) is 0. The lowest BCUT2D eigenvalue weighted by molar-refractivity contribution is 0.0164. The van der Waals surface area contributed by atoms with Crippen LogP contribution in [0.1, 0.15) is 26.2 Å². The maximum Gasteiger partial charge on any atom is 0.329 e. The molecule has 0 aromatic heterocycles. The lowest BCUT2D eigenvalue weighted by Crippen LogP contribution is -2.22. The minimum atomic E-state index is -1.74. The van der Waals surface area contributed by atoms with Gasteiger partial charge in [0.2, 0.25) is 0 Å². The van der Waals surface area contributed by atoms with Crippen LogP contribution in [0.15, 0.2) is 0 Å². The van der Waals surface area contributed by atoms with Crippen LogP contribution >= 0.6 is 8.60 Å². The minimum absolute atomic E-state index is 0.00683. The van der Waals surface area contributed by atoms with Crippen molar-refractivity contribution in [1.29, 1.82) is 0 Å². The van der Waals surface area contributed by atoms with Gasteiger partial charge in [-0.3, -0.25) is 0 Å². The fourth-order valence-corrected chi connectivity index (χ4v) is 1.92. The van der Waals surface area contributed by atoms with Gasteiger partial charge in [0.25, 0.3) is 0 Å². The van der Waals surface area contributed by atoms with Crippen LogP contribution in [0.3, 0.4) is 0 Å². The molecule has 0 aliphatic carbocycles. The molecule has 3 N–H and O–H groups in total. The first-order valence-electron chi connectivity index (χ1n) is 4.88. The second-order valence-corrected chi connectivity index (χ2v) is 4.23. The molecule has 1 saturated heterocycles. The van der Waals surface area contributed by atoms with E-state index in [2.05, 4.69) is 0 Å². The first-order valence-corrected chi connectivity index (χ1v) is 6.01. The molecule has 0 radical (unpaired) electrons. The number of hydrogen-bond donors (Lipinski definition) is 2. The van der Waals surface area contributed by atoms with Crippen LogP contribution < -0.4 is 5.73 Å². The molecule has 0 aromatic carbocycles. The second-order valence-electron chi connectivity index (χ2n) is 3.24. The van der Waals surface area contributed by atoms with Crippen molar-refractivity contribution in [2.75, 3.05) is 13.2 Å². The second kappa shape index (κ2) is 6.67. The molecule has 0 amide bonds. The molecule has 0 saturated carbocycles. The van der Waals surface area contributed by atoms with Gasteiger partial charge in [0, 0.05) is 0 Å². The molecular weight excluding hydrogens is 205 g/mol. The van der Waals surface area contributed by atoms with Gasteiger partial charge in [-0.15, -0.1) is 0 Å². The number of rotatable bonds is 6. The van der Waals surface area contributed by atoms with E-state index in [0.29, 0.717) is 13.2 Å². The Morgan fingerprint density at radius 3 is 2.86 bits per heavy atom. The lowest BCUT2D eigenvalue weighted by Gasteiger charge is -2.14. The molecule has 14 heavy (non-hydrogen) atoms. The van der Waals surface area contributed by atoms with Crippen molar-refractivity contribution >= 4 is 8.60 Å². The van der Waals surface area contributed by atoms with Gasteiger partial charge >= 0.3 is 8.60 Å². The van der Waals surface area contributed by atoms with Gasteiger partial charge in [-0.2, -0.15) is 0 Å². The summed E-state index contributed by atoms with van der Waals surface area (Å²) < 4.78 is 15.4. The summed E-state index contributed by atoms with van der Waals surface area (Å²) >= 11 is 0. The van der Waals surface area contributed by atoms with Gasteiger partial charge in [0.1, 0.15) is 6.23 Å². The quantitative estimate of drug-likeness (QED) is 0.660. The van der Waals surface area contributed by atoms with Gasteiger partial charge in [0.05, 0.1) is 19.3 Å². The van der Waals surface area contributed by atoms with Crippen molar-refractivity contribution in [2.45, 2.75) is 38.5 Å². The van der Waals surface area contributed by atoms with Crippen LogP contribution in [0.5, 0.6) is 0 Å². The largest absolute Gasteiger partial charge is 0.358 e. The predicted molar refractivity (Wildman–Crippen MR) is 53.4 cm³/mol. The van der Waals surface area contributed by atoms with Gasteiger partial charge in [-0.1, -0.05) is 6.92 Å². The van der Waals surface area contributed by atoms with Gasteiger partial charge in [-0.25, -0.2) is 0 Å². The molecule has 5 nitrogen and oxygen atoms in total. The Balaban J connectivity index is 2.02. The van der Waals surface area contributed by atoms with E-state index in [-0.39, 0.29) is 12.3 Å². The SMILES string of the molecule is CCCOP(O)OCC1CCC(N)O1. The van der Waals surface area contributed by atoms with Gasteiger partial charge in [-0.05, 0) is 19.3 Å². The molecule has 3 unspecified atom stereocenters. The van der Waals surface area contributed by atoms with Crippen LogP contribution in [0.2, 0.25) is 0 Å². The summed E-state index contributed by atoms with van der Waals surface area (Å²) in [6.07, 6.45) is 2.44. The lowest BCUT2D eigenvalue weighted by atomic mass is 10.2. The van der Waals surface area contributed by atoms with Crippen LogP contribution in [0.4, 0.5) is 0 Å². The summed E-state index contributed by atoms with van der Waals surface area (Å²) in [5.74, 6) is 0. The molecule has 1 aliphatic rings. The summed E-state index contributed by atoms with van der Waals surface area (Å²) in [5, 5.41) is 0. The number of hydrogen-bond acceptors (Lipinski definition) is 5. The van der Waals surface area contributed by atoms with E-state index < -0.39 is 8.60 Å². The molecule has 1 rings (SSSR count). The smallest absolute Gasteiger partial charge is 0.329 e. The third kappa shape index (κ3) is 4.64. The van der Waals surface area contributed by atoms with E-state index in [9.17, 15) is 4.89 Å². The van der Waals surface area contributed by atoms with Gasteiger partial charge in [0.15, 0.2) is 0 Å². The van der Waals surface area contributed by atoms with E-state index in [4.69, 9.17) is 19.5 Å². The van der Waals surface area contributed by atoms with E-state index >= 15 is 0 Å². The normalized spacial score (nSPS) is 29.4.